The smallest absolute Gasteiger partial charge is 0.276 e. The number of ether oxygens (including phenoxy) is 1. The molecule has 4 rings (SSSR count). The molecule has 5 nitrogen and oxygen atoms in total. The number of aromatic nitrogens is 3. The van der Waals surface area contributed by atoms with Crippen LogP contribution in [0.5, 0.6) is 0 Å². The van der Waals surface area contributed by atoms with E-state index in [2.05, 4.69) is 21.0 Å². The lowest BCUT2D eigenvalue weighted by Crippen LogP contribution is -2.10. The first-order valence-electron chi connectivity index (χ1n) is 6.82. The minimum atomic E-state index is -0.186. The summed E-state index contributed by atoms with van der Waals surface area (Å²) in [5, 5.41) is 4.85. The van der Waals surface area contributed by atoms with E-state index in [4.69, 9.17) is 4.74 Å². The van der Waals surface area contributed by atoms with Crippen molar-refractivity contribution in [2.75, 3.05) is 7.11 Å². The normalized spacial score (nSPS) is 11.5. The maximum Gasteiger partial charge on any atom is 0.276 e. The minimum absolute atomic E-state index is 0.186. The Balaban J connectivity index is 1.88. The molecule has 0 aliphatic carbocycles. The summed E-state index contributed by atoms with van der Waals surface area (Å²) < 4.78 is 5.15. The number of rotatable bonds is 3. The van der Waals surface area contributed by atoms with E-state index in [1.165, 1.54) is 11.3 Å². The number of benzene rings is 1. The van der Waals surface area contributed by atoms with Gasteiger partial charge in [-0.25, -0.2) is 4.98 Å². The van der Waals surface area contributed by atoms with Crippen LogP contribution in [0.25, 0.3) is 33.3 Å². The second-order valence-electron chi connectivity index (χ2n) is 5.12. The van der Waals surface area contributed by atoms with Gasteiger partial charge < -0.3 is 14.7 Å². The van der Waals surface area contributed by atoms with Crippen LogP contribution in [-0.2, 0) is 11.3 Å². The molecular formula is C16H13N3O2S. The van der Waals surface area contributed by atoms with Crippen molar-refractivity contribution in [2.45, 2.75) is 6.61 Å². The molecule has 0 unspecified atom stereocenters. The maximum absolute atomic E-state index is 12.2. The Morgan fingerprint density at radius 3 is 2.95 bits per heavy atom. The zero-order valence-electron chi connectivity index (χ0n) is 11.8. The van der Waals surface area contributed by atoms with Gasteiger partial charge >= 0.3 is 0 Å². The third kappa shape index (κ3) is 2.13. The van der Waals surface area contributed by atoms with E-state index in [1.807, 2.05) is 29.0 Å². The van der Waals surface area contributed by atoms with Crippen LogP contribution >= 0.6 is 11.3 Å². The minimum Gasteiger partial charge on any atom is -0.380 e. The van der Waals surface area contributed by atoms with Crippen molar-refractivity contribution < 1.29 is 4.74 Å². The molecule has 4 aromatic rings. The lowest BCUT2D eigenvalue weighted by Gasteiger charge is -1.98. The number of fused-ring (bicyclic) bond motifs is 2. The molecule has 0 saturated heterocycles. The maximum atomic E-state index is 12.2. The van der Waals surface area contributed by atoms with E-state index in [0.717, 1.165) is 33.2 Å². The van der Waals surface area contributed by atoms with Crippen LogP contribution in [0, 0.1) is 0 Å². The Morgan fingerprint density at radius 1 is 1.18 bits per heavy atom. The number of nitrogens with zero attached hydrogens (tertiary/aromatic N) is 1. The third-order valence-electron chi connectivity index (χ3n) is 3.59. The fourth-order valence-electron chi connectivity index (χ4n) is 2.57. The van der Waals surface area contributed by atoms with Crippen molar-refractivity contribution in [3.8, 4) is 11.4 Å². The highest BCUT2D eigenvalue weighted by Crippen LogP contribution is 2.23. The quantitative estimate of drug-likeness (QED) is 0.610. The number of aromatic amines is 2. The van der Waals surface area contributed by atoms with Crippen LogP contribution in [0.3, 0.4) is 0 Å². The molecule has 2 N–H and O–H groups in total. The average Bonchev–Trinajstić information content (AvgIpc) is 3.11. The fourth-order valence-corrected chi connectivity index (χ4v) is 3.26. The van der Waals surface area contributed by atoms with Gasteiger partial charge in [-0.05, 0) is 23.8 Å². The van der Waals surface area contributed by atoms with Crippen molar-refractivity contribution in [1.82, 2.24) is 15.0 Å². The summed E-state index contributed by atoms with van der Waals surface area (Å²) in [6, 6.07) is 8.00. The van der Waals surface area contributed by atoms with Crippen LogP contribution in [-0.4, -0.2) is 22.1 Å². The topological polar surface area (TPSA) is 70.8 Å². The highest BCUT2D eigenvalue weighted by atomic mass is 32.1. The van der Waals surface area contributed by atoms with Crippen LogP contribution in [0.2, 0.25) is 0 Å². The number of hydrogen-bond acceptors (Lipinski definition) is 4. The molecule has 0 amide bonds. The average molecular weight is 311 g/mol. The summed E-state index contributed by atoms with van der Waals surface area (Å²) in [7, 11) is 1.67. The van der Waals surface area contributed by atoms with Gasteiger partial charge in [-0.2, -0.15) is 0 Å². The number of methoxy groups -OCH3 is 1. The molecule has 0 atom stereocenters. The molecule has 3 aromatic heterocycles. The SMILES string of the molecule is COCc1ccc2[nH]c(-c3nc4cscc4[nH]c3=O)cc2c1. The summed E-state index contributed by atoms with van der Waals surface area (Å²) in [4.78, 5) is 22.8. The predicted octanol–water partition coefficient (Wildman–Crippen LogP) is 3.28. The third-order valence-corrected chi connectivity index (χ3v) is 4.32. The Kier molecular flexibility index (Phi) is 3.06. The van der Waals surface area contributed by atoms with Gasteiger partial charge in [0.05, 0.1) is 23.3 Å². The van der Waals surface area contributed by atoms with E-state index in [1.54, 1.807) is 7.11 Å². The second-order valence-corrected chi connectivity index (χ2v) is 5.87. The van der Waals surface area contributed by atoms with Crippen LogP contribution in [0.1, 0.15) is 5.56 Å². The number of nitrogens with one attached hydrogen (secondary N) is 2. The van der Waals surface area contributed by atoms with E-state index >= 15 is 0 Å². The molecule has 110 valence electrons. The summed E-state index contributed by atoms with van der Waals surface area (Å²) in [6.07, 6.45) is 0. The molecule has 0 bridgehead atoms. The van der Waals surface area contributed by atoms with Crippen molar-refractivity contribution in [3.63, 3.8) is 0 Å². The zero-order valence-corrected chi connectivity index (χ0v) is 12.7. The predicted molar refractivity (Wildman–Crippen MR) is 88.2 cm³/mol. The van der Waals surface area contributed by atoms with Crippen LogP contribution < -0.4 is 5.56 Å². The van der Waals surface area contributed by atoms with E-state index in [0.29, 0.717) is 12.3 Å². The molecule has 0 aliphatic heterocycles. The highest BCUT2D eigenvalue weighted by molar-refractivity contribution is 7.09. The van der Waals surface area contributed by atoms with E-state index < -0.39 is 0 Å². The highest BCUT2D eigenvalue weighted by Gasteiger charge is 2.11. The molecule has 1 aromatic carbocycles. The monoisotopic (exact) mass is 311 g/mol. The molecule has 6 heteroatoms. The van der Waals surface area contributed by atoms with Crippen molar-refractivity contribution in [1.29, 1.82) is 0 Å². The van der Waals surface area contributed by atoms with Gasteiger partial charge in [0, 0.05) is 28.8 Å². The van der Waals surface area contributed by atoms with Crippen LogP contribution in [0.15, 0.2) is 39.8 Å². The Morgan fingerprint density at radius 2 is 2.09 bits per heavy atom. The molecule has 3 heterocycles. The number of thiophene rings is 1. The van der Waals surface area contributed by atoms with Gasteiger partial charge in [0.15, 0.2) is 5.69 Å². The molecule has 0 aliphatic rings. The molecule has 22 heavy (non-hydrogen) atoms. The summed E-state index contributed by atoms with van der Waals surface area (Å²) in [5.41, 5.74) is 4.59. The van der Waals surface area contributed by atoms with Crippen LogP contribution in [0.4, 0.5) is 0 Å². The molecule has 0 spiro atoms. The number of hydrogen-bond donors (Lipinski definition) is 2. The van der Waals surface area contributed by atoms with Crippen molar-refractivity contribution in [3.05, 3.63) is 50.9 Å². The van der Waals surface area contributed by atoms with E-state index in [-0.39, 0.29) is 5.56 Å². The summed E-state index contributed by atoms with van der Waals surface area (Å²) in [6.45, 7) is 0.566. The number of H-pyrrole nitrogens is 2. The lowest BCUT2D eigenvalue weighted by molar-refractivity contribution is 0.185. The van der Waals surface area contributed by atoms with Crippen molar-refractivity contribution >= 4 is 33.3 Å². The largest absolute Gasteiger partial charge is 0.380 e. The first-order valence-corrected chi connectivity index (χ1v) is 7.76. The van der Waals surface area contributed by atoms with Gasteiger partial charge in [0.2, 0.25) is 0 Å². The molecule has 0 fully saturated rings. The second kappa shape index (κ2) is 5.08. The summed E-state index contributed by atoms with van der Waals surface area (Å²) >= 11 is 1.52. The first-order chi connectivity index (χ1) is 10.7. The Bertz CT molecular complexity index is 1030. The van der Waals surface area contributed by atoms with Gasteiger partial charge in [-0.3, -0.25) is 4.79 Å². The summed E-state index contributed by atoms with van der Waals surface area (Å²) in [5.74, 6) is 0. The zero-order chi connectivity index (χ0) is 15.1. The van der Waals surface area contributed by atoms with Gasteiger partial charge in [-0.1, -0.05) is 6.07 Å². The van der Waals surface area contributed by atoms with Gasteiger partial charge in [-0.15, -0.1) is 11.3 Å². The van der Waals surface area contributed by atoms with Crippen molar-refractivity contribution in [2.24, 2.45) is 0 Å². The molecule has 0 saturated carbocycles. The Hall–Kier alpha value is -2.44. The molecular weight excluding hydrogens is 298 g/mol. The Labute approximate surface area is 129 Å². The fraction of sp³-hybridized carbons (Fsp3) is 0.125. The van der Waals surface area contributed by atoms with E-state index in [9.17, 15) is 4.79 Å². The molecule has 0 radical (unpaired) electrons. The van der Waals surface area contributed by atoms with Gasteiger partial charge in [0.25, 0.3) is 5.56 Å². The lowest BCUT2D eigenvalue weighted by atomic mass is 10.1. The first kappa shape index (κ1) is 13.2. The standard InChI is InChI=1S/C16H13N3O2S/c1-21-6-9-2-3-11-10(4-9)5-12(17-11)15-16(20)19-14-8-22-7-13(14)18-15/h2-5,7-8,17H,6H2,1H3,(H,19,20). The van der Waals surface area contributed by atoms with Gasteiger partial charge in [0.1, 0.15) is 0 Å².